The van der Waals surface area contributed by atoms with E-state index in [1.165, 1.54) is 0 Å². The number of anilines is 2. The van der Waals surface area contributed by atoms with Crippen molar-refractivity contribution in [1.82, 2.24) is 9.78 Å². The first kappa shape index (κ1) is 12.2. The molecule has 1 aromatic rings. The minimum Gasteiger partial charge on any atom is -0.394 e. The van der Waals surface area contributed by atoms with Gasteiger partial charge in [0.1, 0.15) is 5.82 Å². The third kappa shape index (κ3) is 2.81. The molecule has 15 heavy (non-hydrogen) atoms. The predicted octanol–water partition coefficient (Wildman–Crippen LogP) is 1.90. The molecule has 86 valence electrons. The van der Waals surface area contributed by atoms with Crippen LogP contribution in [0.4, 0.5) is 11.5 Å². The summed E-state index contributed by atoms with van der Waals surface area (Å²) < 4.78 is 1.82. The lowest BCUT2D eigenvalue weighted by Crippen LogP contribution is -2.09. The highest BCUT2D eigenvalue weighted by atomic mass is 32.2. The highest BCUT2D eigenvalue weighted by Gasteiger charge is 2.14. The molecular weight excluding hydrogens is 208 g/mol. The number of hydrogen-bond donors (Lipinski definition) is 2. The third-order valence-corrected chi connectivity index (χ3v) is 2.87. The Labute approximate surface area is 95.6 Å². The van der Waals surface area contributed by atoms with Crippen molar-refractivity contribution in [2.24, 2.45) is 7.05 Å². The van der Waals surface area contributed by atoms with Crippen LogP contribution in [0.3, 0.4) is 0 Å². The second-order valence-corrected chi connectivity index (χ2v) is 4.83. The molecule has 0 aliphatic heterocycles. The van der Waals surface area contributed by atoms with Crippen molar-refractivity contribution < 1.29 is 0 Å². The van der Waals surface area contributed by atoms with E-state index in [2.05, 4.69) is 30.5 Å². The summed E-state index contributed by atoms with van der Waals surface area (Å²) in [6.07, 6.45) is 2.09. The fraction of sp³-hybridized carbons (Fsp3) is 0.700. The van der Waals surface area contributed by atoms with Crippen molar-refractivity contribution >= 4 is 23.3 Å². The molecule has 1 aromatic heterocycles. The van der Waals surface area contributed by atoms with Gasteiger partial charge in [0, 0.05) is 19.3 Å². The van der Waals surface area contributed by atoms with Crippen molar-refractivity contribution in [1.29, 1.82) is 0 Å². The number of nitrogens with zero attached hydrogens (tertiary/aromatic N) is 2. The molecule has 0 amide bonds. The van der Waals surface area contributed by atoms with Crippen LogP contribution < -0.4 is 11.1 Å². The summed E-state index contributed by atoms with van der Waals surface area (Å²) in [6, 6.07) is 0. The van der Waals surface area contributed by atoms with Crippen LogP contribution >= 0.6 is 11.8 Å². The highest BCUT2D eigenvalue weighted by Crippen LogP contribution is 2.27. The van der Waals surface area contributed by atoms with E-state index in [0.717, 1.165) is 29.5 Å². The lowest BCUT2D eigenvalue weighted by atomic mass is 10.1. The Morgan fingerprint density at radius 2 is 2.20 bits per heavy atom. The zero-order valence-electron chi connectivity index (χ0n) is 9.87. The second kappa shape index (κ2) is 5.30. The quantitative estimate of drug-likeness (QED) is 0.756. The normalized spacial score (nSPS) is 11.0. The van der Waals surface area contributed by atoms with E-state index < -0.39 is 0 Å². The number of nitrogen functional groups attached to an aromatic ring is 1. The summed E-state index contributed by atoms with van der Waals surface area (Å²) in [4.78, 5) is 0. The molecule has 4 nitrogen and oxygen atoms in total. The zero-order chi connectivity index (χ0) is 11.4. The summed E-state index contributed by atoms with van der Waals surface area (Å²) in [5, 5.41) is 7.72. The minimum atomic E-state index is 0.368. The molecule has 5 heteroatoms. The number of aryl methyl sites for hydroxylation is 1. The van der Waals surface area contributed by atoms with Crippen LogP contribution in [0.25, 0.3) is 0 Å². The highest BCUT2D eigenvalue weighted by molar-refractivity contribution is 7.98. The van der Waals surface area contributed by atoms with Crippen LogP contribution in [-0.2, 0) is 7.05 Å². The molecule has 3 N–H and O–H groups in total. The van der Waals surface area contributed by atoms with Crippen LogP contribution in [0.5, 0.6) is 0 Å². The molecule has 0 bridgehead atoms. The molecule has 1 rings (SSSR count). The van der Waals surface area contributed by atoms with Crippen molar-refractivity contribution in [2.75, 3.05) is 29.6 Å². The second-order valence-electron chi connectivity index (χ2n) is 3.85. The molecular formula is C10H20N4S. The Morgan fingerprint density at radius 1 is 1.53 bits per heavy atom. The number of thioether (sulfide) groups is 1. The summed E-state index contributed by atoms with van der Waals surface area (Å²) in [5.41, 5.74) is 7.80. The first-order valence-electron chi connectivity index (χ1n) is 5.13. The predicted molar refractivity (Wildman–Crippen MR) is 68.6 cm³/mol. The van der Waals surface area contributed by atoms with E-state index in [-0.39, 0.29) is 0 Å². The average molecular weight is 228 g/mol. The largest absolute Gasteiger partial charge is 0.394 e. The first-order valence-corrected chi connectivity index (χ1v) is 6.52. The maximum Gasteiger partial charge on any atom is 0.147 e. The van der Waals surface area contributed by atoms with Gasteiger partial charge in [0.15, 0.2) is 0 Å². The van der Waals surface area contributed by atoms with Gasteiger partial charge >= 0.3 is 0 Å². The Hall–Kier alpha value is -0.840. The Kier molecular flexibility index (Phi) is 4.32. The Balaban J connectivity index is 2.79. The molecule has 0 atom stereocenters. The molecule has 0 saturated heterocycles. The lowest BCUT2D eigenvalue weighted by molar-refractivity contribution is 0.716. The van der Waals surface area contributed by atoms with E-state index in [9.17, 15) is 0 Å². The number of nitrogens with one attached hydrogen (secondary N) is 1. The molecule has 0 aliphatic rings. The van der Waals surface area contributed by atoms with Gasteiger partial charge in [-0.25, -0.2) is 0 Å². The van der Waals surface area contributed by atoms with Crippen LogP contribution in [-0.4, -0.2) is 28.3 Å². The minimum absolute atomic E-state index is 0.368. The average Bonchev–Trinajstić information content (AvgIpc) is 2.45. The van der Waals surface area contributed by atoms with Crippen molar-refractivity contribution in [3.8, 4) is 0 Å². The molecule has 0 unspecified atom stereocenters. The Morgan fingerprint density at radius 3 is 2.67 bits per heavy atom. The fourth-order valence-electron chi connectivity index (χ4n) is 1.47. The number of aromatic nitrogens is 2. The van der Waals surface area contributed by atoms with Crippen molar-refractivity contribution in [2.45, 2.75) is 19.8 Å². The van der Waals surface area contributed by atoms with E-state index >= 15 is 0 Å². The van der Waals surface area contributed by atoms with Crippen LogP contribution in [0, 0.1) is 0 Å². The van der Waals surface area contributed by atoms with Crippen LogP contribution in [0.2, 0.25) is 0 Å². The van der Waals surface area contributed by atoms with Crippen LogP contribution in [0.1, 0.15) is 25.5 Å². The van der Waals surface area contributed by atoms with Gasteiger partial charge in [-0.05, 0) is 12.2 Å². The van der Waals surface area contributed by atoms with Gasteiger partial charge in [0.2, 0.25) is 0 Å². The van der Waals surface area contributed by atoms with E-state index in [1.807, 2.05) is 23.5 Å². The van der Waals surface area contributed by atoms with Crippen molar-refractivity contribution in [3.05, 3.63) is 5.69 Å². The molecule has 0 aliphatic carbocycles. The molecule has 0 fully saturated rings. The van der Waals surface area contributed by atoms with Gasteiger partial charge in [-0.3, -0.25) is 4.68 Å². The maximum atomic E-state index is 6.03. The molecule has 0 saturated carbocycles. The molecule has 0 aromatic carbocycles. The molecule has 0 spiro atoms. The summed E-state index contributed by atoms with van der Waals surface area (Å²) in [7, 11) is 1.92. The Bertz CT molecular complexity index is 319. The maximum absolute atomic E-state index is 6.03. The fourth-order valence-corrected chi connectivity index (χ4v) is 1.77. The van der Waals surface area contributed by atoms with Gasteiger partial charge in [-0.15, -0.1) is 0 Å². The van der Waals surface area contributed by atoms with Gasteiger partial charge in [0.25, 0.3) is 0 Å². The SMILES string of the molecule is CSCCNc1c(N)c(C(C)C)nn1C. The standard InChI is InChI=1S/C10H20N4S/c1-7(2)9-8(11)10(14(3)13-9)12-5-6-15-4/h7,12H,5-6,11H2,1-4H3. The third-order valence-electron chi connectivity index (χ3n) is 2.26. The first-order chi connectivity index (χ1) is 7.07. The summed E-state index contributed by atoms with van der Waals surface area (Å²) in [5.74, 6) is 2.38. The molecule has 0 radical (unpaired) electrons. The van der Waals surface area contributed by atoms with Gasteiger partial charge in [-0.1, -0.05) is 13.8 Å². The van der Waals surface area contributed by atoms with E-state index in [4.69, 9.17) is 5.73 Å². The van der Waals surface area contributed by atoms with Crippen LogP contribution in [0.15, 0.2) is 0 Å². The monoisotopic (exact) mass is 228 g/mol. The van der Waals surface area contributed by atoms with E-state index in [0.29, 0.717) is 5.92 Å². The van der Waals surface area contributed by atoms with E-state index in [1.54, 1.807) is 0 Å². The number of hydrogen-bond acceptors (Lipinski definition) is 4. The topological polar surface area (TPSA) is 55.9 Å². The van der Waals surface area contributed by atoms with Gasteiger partial charge in [0.05, 0.1) is 11.4 Å². The molecule has 1 heterocycles. The van der Waals surface area contributed by atoms with Gasteiger partial charge < -0.3 is 11.1 Å². The number of rotatable bonds is 5. The zero-order valence-corrected chi connectivity index (χ0v) is 10.7. The smallest absolute Gasteiger partial charge is 0.147 e. The summed E-state index contributed by atoms with van der Waals surface area (Å²) >= 11 is 1.81. The van der Waals surface area contributed by atoms with Crippen molar-refractivity contribution in [3.63, 3.8) is 0 Å². The lowest BCUT2D eigenvalue weighted by Gasteiger charge is -2.06. The van der Waals surface area contributed by atoms with Gasteiger partial charge in [-0.2, -0.15) is 16.9 Å². The summed E-state index contributed by atoms with van der Waals surface area (Å²) in [6.45, 7) is 5.12. The number of nitrogens with two attached hydrogens (primary N) is 1.